The molecule has 6 nitrogen and oxygen atoms in total. The van der Waals surface area contributed by atoms with Gasteiger partial charge in [-0.05, 0) is 43.3 Å². The van der Waals surface area contributed by atoms with Gasteiger partial charge in [-0.25, -0.2) is 0 Å². The number of likely N-dealkylation sites (tertiary alicyclic amines) is 2. The minimum Gasteiger partial charge on any atom is -0.395 e. The molecule has 1 aromatic carbocycles. The number of aliphatic hydroxyl groups excluding tert-OH is 1. The lowest BCUT2D eigenvalue weighted by molar-refractivity contribution is -0.139. The summed E-state index contributed by atoms with van der Waals surface area (Å²) in [5.41, 5.74) is 2.43. The average molecular weight is 371 g/mol. The topological polar surface area (TPSA) is 65.4 Å². The molecular weight excluding hydrogens is 342 g/mol. The first-order chi connectivity index (χ1) is 13.2. The largest absolute Gasteiger partial charge is 0.395 e. The molecule has 3 heterocycles. The van der Waals surface area contributed by atoms with Crippen molar-refractivity contribution in [1.29, 1.82) is 0 Å². The number of amides is 1. The number of nitrogens with zero attached hydrogens (tertiary/aromatic N) is 3. The van der Waals surface area contributed by atoms with Crippen LogP contribution in [-0.4, -0.2) is 72.0 Å². The number of β-amino-alcohol motifs (C(OH)–C–C–N with tert-alkyl or cyclic N) is 1. The van der Waals surface area contributed by atoms with Gasteiger partial charge in [0.25, 0.3) is 0 Å². The molecule has 0 saturated carbocycles. The van der Waals surface area contributed by atoms with Crippen molar-refractivity contribution in [3.8, 4) is 0 Å². The summed E-state index contributed by atoms with van der Waals surface area (Å²) in [6.45, 7) is 4.33. The molecule has 2 saturated heterocycles. The molecule has 27 heavy (non-hydrogen) atoms. The van der Waals surface area contributed by atoms with E-state index in [1.54, 1.807) is 0 Å². The molecule has 146 valence electrons. The van der Waals surface area contributed by atoms with E-state index in [9.17, 15) is 9.90 Å². The summed E-state index contributed by atoms with van der Waals surface area (Å²) < 4.78 is 0. The first-order valence-electron chi connectivity index (χ1n) is 10.1. The highest BCUT2D eigenvalue weighted by Crippen LogP contribution is 2.40. The second-order valence-electron chi connectivity index (χ2n) is 8.18. The van der Waals surface area contributed by atoms with Crippen LogP contribution < -0.4 is 0 Å². The minimum absolute atomic E-state index is 0.0523. The Kier molecular flexibility index (Phi) is 5.45. The molecule has 0 aromatic heterocycles. The monoisotopic (exact) mass is 371 g/mol. The van der Waals surface area contributed by atoms with E-state index >= 15 is 0 Å². The van der Waals surface area contributed by atoms with Crippen molar-refractivity contribution in [1.82, 2.24) is 9.80 Å². The van der Waals surface area contributed by atoms with Gasteiger partial charge < -0.3 is 14.8 Å². The summed E-state index contributed by atoms with van der Waals surface area (Å²) in [4.78, 5) is 22.1. The second kappa shape index (κ2) is 7.98. The van der Waals surface area contributed by atoms with E-state index in [0.29, 0.717) is 13.0 Å². The van der Waals surface area contributed by atoms with Crippen molar-refractivity contribution in [2.45, 2.75) is 38.2 Å². The molecule has 1 N–H and O–H groups in total. The van der Waals surface area contributed by atoms with Crippen LogP contribution in [0.5, 0.6) is 0 Å². The standard InChI is InChI=1S/C21H29N3O3/c25-13-12-24-16-21(7-6-20(24)26)8-10-23(11-9-21)15-18-14-19(22-27-18)17-4-2-1-3-5-17/h1-5,18,25H,6-16H2. The van der Waals surface area contributed by atoms with Gasteiger partial charge in [0, 0.05) is 32.5 Å². The first kappa shape index (κ1) is 18.4. The maximum atomic E-state index is 12.0. The van der Waals surface area contributed by atoms with E-state index in [2.05, 4.69) is 22.2 Å². The van der Waals surface area contributed by atoms with E-state index in [0.717, 1.165) is 63.1 Å². The third kappa shape index (κ3) is 4.17. The molecule has 3 aliphatic rings. The zero-order valence-corrected chi connectivity index (χ0v) is 15.8. The van der Waals surface area contributed by atoms with Gasteiger partial charge in [0.1, 0.15) is 6.10 Å². The fourth-order valence-electron chi connectivity index (χ4n) is 4.66. The second-order valence-corrected chi connectivity index (χ2v) is 8.18. The average Bonchev–Trinajstić information content (AvgIpc) is 3.16. The third-order valence-corrected chi connectivity index (χ3v) is 6.34. The Balaban J connectivity index is 1.26. The number of oxime groups is 1. The van der Waals surface area contributed by atoms with Crippen LogP contribution in [0.3, 0.4) is 0 Å². The molecule has 4 rings (SSSR count). The highest BCUT2D eigenvalue weighted by atomic mass is 16.6. The molecular formula is C21H29N3O3. The normalized spacial score (nSPS) is 25.5. The molecule has 0 bridgehead atoms. The fraction of sp³-hybridized carbons (Fsp3) is 0.619. The lowest BCUT2D eigenvalue weighted by Crippen LogP contribution is -2.52. The number of hydrogen-bond donors (Lipinski definition) is 1. The first-order valence-corrected chi connectivity index (χ1v) is 10.1. The Morgan fingerprint density at radius 3 is 2.70 bits per heavy atom. The van der Waals surface area contributed by atoms with Crippen molar-refractivity contribution < 1.29 is 14.7 Å². The lowest BCUT2D eigenvalue weighted by Gasteiger charge is -2.47. The van der Waals surface area contributed by atoms with Crippen LogP contribution >= 0.6 is 0 Å². The van der Waals surface area contributed by atoms with Gasteiger partial charge in [-0.1, -0.05) is 35.5 Å². The summed E-state index contributed by atoms with van der Waals surface area (Å²) >= 11 is 0. The van der Waals surface area contributed by atoms with Crippen molar-refractivity contribution in [2.75, 3.05) is 39.3 Å². The molecule has 0 radical (unpaired) electrons. The van der Waals surface area contributed by atoms with Crippen molar-refractivity contribution in [3.05, 3.63) is 35.9 Å². The smallest absolute Gasteiger partial charge is 0.222 e. The SMILES string of the molecule is O=C1CCC2(CCN(CC3CC(c4ccccc4)=NO3)CC2)CN1CCO. The summed E-state index contributed by atoms with van der Waals surface area (Å²) in [6, 6.07) is 10.2. The van der Waals surface area contributed by atoms with E-state index < -0.39 is 0 Å². The maximum Gasteiger partial charge on any atom is 0.222 e. The number of aliphatic hydroxyl groups is 1. The Morgan fingerprint density at radius 2 is 1.96 bits per heavy atom. The van der Waals surface area contributed by atoms with Crippen molar-refractivity contribution in [2.24, 2.45) is 10.6 Å². The van der Waals surface area contributed by atoms with E-state index in [1.165, 1.54) is 0 Å². The van der Waals surface area contributed by atoms with Crippen LogP contribution in [0.15, 0.2) is 35.5 Å². The lowest BCUT2D eigenvalue weighted by atomic mass is 9.72. The number of piperidine rings is 2. The van der Waals surface area contributed by atoms with Crippen LogP contribution in [0.2, 0.25) is 0 Å². The van der Waals surface area contributed by atoms with Crippen molar-refractivity contribution in [3.63, 3.8) is 0 Å². The number of carbonyl (C=O) groups is 1. The maximum absolute atomic E-state index is 12.0. The predicted octanol–water partition coefficient (Wildman–Crippen LogP) is 1.88. The summed E-state index contributed by atoms with van der Waals surface area (Å²) in [7, 11) is 0. The zero-order valence-electron chi connectivity index (χ0n) is 15.8. The van der Waals surface area contributed by atoms with E-state index in [1.807, 2.05) is 23.1 Å². The number of rotatable bonds is 5. The van der Waals surface area contributed by atoms with Crippen LogP contribution in [0.25, 0.3) is 0 Å². The molecule has 1 atom stereocenters. The van der Waals surface area contributed by atoms with Crippen molar-refractivity contribution >= 4 is 11.6 Å². The third-order valence-electron chi connectivity index (χ3n) is 6.34. The summed E-state index contributed by atoms with van der Waals surface area (Å²) in [5.74, 6) is 0.196. The quantitative estimate of drug-likeness (QED) is 0.858. The number of hydrogen-bond acceptors (Lipinski definition) is 5. The van der Waals surface area contributed by atoms with Crippen LogP contribution in [0.4, 0.5) is 0 Å². The van der Waals surface area contributed by atoms with E-state index in [-0.39, 0.29) is 24.0 Å². The Morgan fingerprint density at radius 1 is 1.19 bits per heavy atom. The number of carbonyl (C=O) groups excluding carboxylic acids is 1. The van der Waals surface area contributed by atoms with Gasteiger partial charge in [-0.15, -0.1) is 0 Å². The molecule has 0 aliphatic carbocycles. The van der Waals surface area contributed by atoms with Crippen LogP contribution in [0.1, 0.15) is 37.7 Å². The molecule has 1 spiro atoms. The van der Waals surface area contributed by atoms with Gasteiger partial charge in [-0.3, -0.25) is 9.69 Å². The molecule has 1 amide bonds. The highest BCUT2D eigenvalue weighted by molar-refractivity contribution is 6.01. The van der Waals surface area contributed by atoms with Gasteiger partial charge in [0.15, 0.2) is 0 Å². The van der Waals surface area contributed by atoms with Crippen LogP contribution in [-0.2, 0) is 9.63 Å². The summed E-state index contributed by atoms with van der Waals surface area (Å²) in [5, 5.41) is 13.5. The minimum atomic E-state index is 0.0523. The molecule has 2 fully saturated rings. The molecule has 1 unspecified atom stereocenters. The molecule has 3 aliphatic heterocycles. The fourth-order valence-corrected chi connectivity index (χ4v) is 4.66. The Bertz CT molecular complexity index is 683. The molecule has 1 aromatic rings. The Labute approximate surface area is 160 Å². The highest BCUT2D eigenvalue weighted by Gasteiger charge is 2.41. The van der Waals surface area contributed by atoms with Gasteiger partial charge in [0.2, 0.25) is 5.91 Å². The van der Waals surface area contributed by atoms with Gasteiger partial charge in [-0.2, -0.15) is 0 Å². The zero-order chi connectivity index (χ0) is 18.7. The number of benzene rings is 1. The Hall–Kier alpha value is -1.92. The summed E-state index contributed by atoms with van der Waals surface area (Å²) in [6.07, 6.45) is 4.84. The van der Waals surface area contributed by atoms with E-state index in [4.69, 9.17) is 4.84 Å². The van der Waals surface area contributed by atoms with Gasteiger partial charge in [0.05, 0.1) is 12.3 Å². The van der Waals surface area contributed by atoms with Gasteiger partial charge >= 0.3 is 0 Å². The predicted molar refractivity (Wildman–Crippen MR) is 103 cm³/mol. The van der Waals surface area contributed by atoms with Crippen LogP contribution in [0, 0.1) is 5.41 Å². The molecule has 6 heteroatoms.